The molecule has 0 aliphatic rings. The van der Waals surface area contributed by atoms with E-state index in [1.807, 2.05) is 24.3 Å². The maximum absolute atomic E-state index is 6.02. The Balaban J connectivity index is 1.41. The number of fused-ring (bicyclic) bond motifs is 4. The Morgan fingerprint density at radius 2 is 1.26 bits per heavy atom. The molecule has 0 aliphatic carbocycles. The molecular formula is C31H20N2O. The Labute approximate surface area is 196 Å². The first kappa shape index (κ1) is 18.9. The molecule has 0 bridgehead atoms. The second-order valence-electron chi connectivity index (χ2n) is 8.49. The number of aromatic nitrogens is 2. The summed E-state index contributed by atoms with van der Waals surface area (Å²) in [6.45, 7) is 0. The minimum atomic E-state index is 0.909. The second-order valence-corrected chi connectivity index (χ2v) is 8.49. The van der Waals surface area contributed by atoms with Crippen molar-refractivity contribution < 1.29 is 4.42 Å². The van der Waals surface area contributed by atoms with Crippen molar-refractivity contribution in [3.05, 3.63) is 121 Å². The number of para-hydroxylation sites is 4. The number of benzene rings is 5. The number of hydrogen-bond donors (Lipinski definition) is 0. The van der Waals surface area contributed by atoms with Gasteiger partial charge < -0.3 is 4.42 Å². The van der Waals surface area contributed by atoms with E-state index in [2.05, 4.69) is 102 Å². The molecule has 3 nitrogen and oxygen atoms in total. The molecule has 0 atom stereocenters. The summed E-state index contributed by atoms with van der Waals surface area (Å²) >= 11 is 0. The van der Waals surface area contributed by atoms with E-state index in [4.69, 9.17) is 9.40 Å². The molecule has 7 rings (SSSR count). The lowest BCUT2D eigenvalue weighted by Gasteiger charge is -2.11. The zero-order chi connectivity index (χ0) is 22.5. The summed E-state index contributed by atoms with van der Waals surface area (Å²) in [6.07, 6.45) is 0. The number of hydrogen-bond acceptors (Lipinski definition) is 2. The SMILES string of the molecule is c1ccc(-n2c(-c3cccc(-c4ccc5oc6ccccc6c5c4)c3)nc3ccccc32)cc1. The molecule has 2 aromatic heterocycles. The van der Waals surface area contributed by atoms with Gasteiger partial charge in [-0.15, -0.1) is 0 Å². The smallest absolute Gasteiger partial charge is 0.145 e. The molecule has 0 saturated heterocycles. The van der Waals surface area contributed by atoms with Crippen LogP contribution in [0.25, 0.3) is 61.2 Å². The molecule has 7 aromatic rings. The number of imidazole rings is 1. The molecule has 2 heterocycles. The van der Waals surface area contributed by atoms with Gasteiger partial charge in [0.05, 0.1) is 11.0 Å². The first-order valence-electron chi connectivity index (χ1n) is 11.4. The lowest BCUT2D eigenvalue weighted by atomic mass is 10.0. The fourth-order valence-corrected chi connectivity index (χ4v) is 4.80. The predicted molar refractivity (Wildman–Crippen MR) is 139 cm³/mol. The zero-order valence-corrected chi connectivity index (χ0v) is 18.3. The van der Waals surface area contributed by atoms with Gasteiger partial charge in [-0.25, -0.2) is 4.98 Å². The molecule has 5 aromatic carbocycles. The third-order valence-corrected chi connectivity index (χ3v) is 6.41. The maximum Gasteiger partial charge on any atom is 0.145 e. The molecule has 0 fully saturated rings. The van der Waals surface area contributed by atoms with E-state index in [1.165, 1.54) is 0 Å². The second kappa shape index (κ2) is 7.46. The Kier molecular flexibility index (Phi) is 4.15. The molecule has 3 heteroatoms. The Bertz CT molecular complexity index is 1810. The third kappa shape index (κ3) is 2.95. The highest BCUT2D eigenvalue weighted by molar-refractivity contribution is 6.06. The third-order valence-electron chi connectivity index (χ3n) is 6.41. The highest BCUT2D eigenvalue weighted by Crippen LogP contribution is 2.34. The summed E-state index contributed by atoms with van der Waals surface area (Å²) in [4.78, 5) is 5.02. The van der Waals surface area contributed by atoms with Crippen LogP contribution >= 0.6 is 0 Å². The van der Waals surface area contributed by atoms with Crippen LogP contribution in [0, 0.1) is 0 Å². The van der Waals surface area contributed by atoms with Crippen LogP contribution in [0.1, 0.15) is 0 Å². The molecule has 0 aliphatic heterocycles. The van der Waals surface area contributed by atoms with Gasteiger partial charge in [-0.05, 0) is 59.7 Å². The first-order chi connectivity index (χ1) is 16.8. The van der Waals surface area contributed by atoms with E-state index in [9.17, 15) is 0 Å². The van der Waals surface area contributed by atoms with Gasteiger partial charge in [0.1, 0.15) is 17.0 Å². The molecule has 0 spiro atoms. The number of nitrogens with zero attached hydrogens (tertiary/aromatic N) is 2. The largest absolute Gasteiger partial charge is 0.456 e. The van der Waals surface area contributed by atoms with Crippen molar-refractivity contribution in [2.45, 2.75) is 0 Å². The van der Waals surface area contributed by atoms with E-state index in [-0.39, 0.29) is 0 Å². The molecule has 34 heavy (non-hydrogen) atoms. The normalized spacial score (nSPS) is 11.5. The van der Waals surface area contributed by atoms with Crippen molar-refractivity contribution in [3.8, 4) is 28.2 Å². The molecule has 0 unspecified atom stereocenters. The van der Waals surface area contributed by atoms with Crippen molar-refractivity contribution in [1.82, 2.24) is 9.55 Å². The van der Waals surface area contributed by atoms with Gasteiger partial charge in [-0.3, -0.25) is 4.57 Å². The van der Waals surface area contributed by atoms with E-state index in [0.717, 1.165) is 61.2 Å². The standard InChI is InChI=1S/C31H20N2O/c1-2-11-24(12-3-1)33-28-15-6-5-14-27(28)32-31(33)23-10-8-9-21(19-23)22-17-18-30-26(20-22)25-13-4-7-16-29(25)34-30/h1-20H. The van der Waals surface area contributed by atoms with Gasteiger partial charge in [0.25, 0.3) is 0 Å². The fraction of sp³-hybridized carbons (Fsp3) is 0. The Morgan fingerprint density at radius 3 is 2.21 bits per heavy atom. The summed E-state index contributed by atoms with van der Waals surface area (Å²) < 4.78 is 8.26. The van der Waals surface area contributed by atoms with Gasteiger partial charge in [0, 0.05) is 22.0 Å². The van der Waals surface area contributed by atoms with Gasteiger partial charge in [-0.2, -0.15) is 0 Å². The lowest BCUT2D eigenvalue weighted by molar-refractivity contribution is 0.669. The van der Waals surface area contributed by atoms with Crippen LogP contribution in [0.4, 0.5) is 0 Å². The fourth-order valence-electron chi connectivity index (χ4n) is 4.80. The van der Waals surface area contributed by atoms with Crippen LogP contribution in [0.2, 0.25) is 0 Å². The van der Waals surface area contributed by atoms with Crippen LogP contribution < -0.4 is 0 Å². The van der Waals surface area contributed by atoms with Crippen LogP contribution in [-0.4, -0.2) is 9.55 Å². The summed E-state index contributed by atoms with van der Waals surface area (Å²) in [6, 6.07) is 41.9. The van der Waals surface area contributed by atoms with Gasteiger partial charge in [-0.1, -0.05) is 72.8 Å². The van der Waals surface area contributed by atoms with E-state index in [0.29, 0.717) is 0 Å². The maximum atomic E-state index is 6.02. The molecular weight excluding hydrogens is 416 g/mol. The van der Waals surface area contributed by atoms with Gasteiger partial charge >= 0.3 is 0 Å². The minimum Gasteiger partial charge on any atom is -0.456 e. The van der Waals surface area contributed by atoms with Crippen molar-refractivity contribution in [2.24, 2.45) is 0 Å². The quantitative estimate of drug-likeness (QED) is 0.279. The Morgan fingerprint density at radius 1 is 0.529 bits per heavy atom. The highest BCUT2D eigenvalue weighted by atomic mass is 16.3. The zero-order valence-electron chi connectivity index (χ0n) is 18.3. The average Bonchev–Trinajstić information content (AvgIpc) is 3.48. The van der Waals surface area contributed by atoms with Crippen molar-refractivity contribution in [3.63, 3.8) is 0 Å². The molecule has 160 valence electrons. The summed E-state index contributed by atoms with van der Waals surface area (Å²) in [5.41, 5.74) is 8.39. The van der Waals surface area contributed by atoms with Crippen molar-refractivity contribution in [1.29, 1.82) is 0 Å². The van der Waals surface area contributed by atoms with E-state index in [1.54, 1.807) is 0 Å². The average molecular weight is 437 g/mol. The summed E-state index contributed by atoms with van der Waals surface area (Å²) in [7, 11) is 0. The molecule has 0 N–H and O–H groups in total. The van der Waals surface area contributed by atoms with Crippen molar-refractivity contribution >= 4 is 33.0 Å². The molecule has 0 saturated carbocycles. The van der Waals surface area contributed by atoms with Crippen LogP contribution in [0.3, 0.4) is 0 Å². The first-order valence-corrected chi connectivity index (χ1v) is 11.4. The van der Waals surface area contributed by atoms with Gasteiger partial charge in [0.15, 0.2) is 0 Å². The number of furan rings is 1. The predicted octanol–water partition coefficient (Wildman–Crippen LogP) is 8.26. The Hall–Kier alpha value is -4.63. The molecule has 0 radical (unpaired) electrons. The topological polar surface area (TPSA) is 31.0 Å². The lowest BCUT2D eigenvalue weighted by Crippen LogP contribution is -1.97. The van der Waals surface area contributed by atoms with Crippen LogP contribution in [0.5, 0.6) is 0 Å². The van der Waals surface area contributed by atoms with Gasteiger partial charge in [0.2, 0.25) is 0 Å². The van der Waals surface area contributed by atoms with Crippen molar-refractivity contribution in [2.75, 3.05) is 0 Å². The minimum absolute atomic E-state index is 0.909. The monoisotopic (exact) mass is 436 g/mol. The van der Waals surface area contributed by atoms with E-state index >= 15 is 0 Å². The number of rotatable bonds is 3. The van der Waals surface area contributed by atoms with Crippen LogP contribution in [-0.2, 0) is 0 Å². The van der Waals surface area contributed by atoms with E-state index < -0.39 is 0 Å². The summed E-state index contributed by atoms with van der Waals surface area (Å²) in [5.74, 6) is 0.934. The van der Waals surface area contributed by atoms with Crippen LogP contribution in [0.15, 0.2) is 126 Å². The summed E-state index contributed by atoms with van der Waals surface area (Å²) in [5, 5.41) is 2.27. The highest BCUT2D eigenvalue weighted by Gasteiger charge is 2.15. The molecule has 0 amide bonds.